The largest absolute Gasteiger partial charge is 0.369 e. The molecule has 0 N–H and O–H groups in total. The van der Waals surface area contributed by atoms with Crippen LogP contribution in [0, 0.1) is 0 Å². The molecule has 0 aromatic heterocycles. The number of hydrogen-bond donors (Lipinski definition) is 0. The minimum absolute atomic E-state index is 0.0294. The standard InChI is InChI=1S/C16H28O5/c1-12(19-11-18-4)15(2)9-6-14(21-15)16(3)8-5-13(20-16)7-10-17/h10,12-14H,5-9,11H2,1-4H3/t12-,13+,14-,15+,16+/m1/s1. The quantitative estimate of drug-likeness (QED) is 0.534. The van der Waals surface area contributed by atoms with Gasteiger partial charge >= 0.3 is 0 Å². The highest BCUT2D eigenvalue weighted by Crippen LogP contribution is 2.44. The number of hydrogen-bond acceptors (Lipinski definition) is 5. The van der Waals surface area contributed by atoms with Gasteiger partial charge in [0.25, 0.3) is 0 Å². The van der Waals surface area contributed by atoms with E-state index in [0.29, 0.717) is 6.42 Å². The molecule has 21 heavy (non-hydrogen) atoms. The lowest BCUT2D eigenvalue weighted by molar-refractivity contribution is -0.192. The molecule has 0 aromatic rings. The Balaban J connectivity index is 1.93. The van der Waals surface area contributed by atoms with Crippen LogP contribution < -0.4 is 0 Å². The Labute approximate surface area is 127 Å². The lowest BCUT2D eigenvalue weighted by Gasteiger charge is -2.36. The molecule has 0 bridgehead atoms. The number of aldehydes is 1. The number of methoxy groups -OCH3 is 1. The summed E-state index contributed by atoms with van der Waals surface area (Å²) in [6, 6.07) is 0. The van der Waals surface area contributed by atoms with E-state index in [0.717, 1.165) is 32.0 Å². The average molecular weight is 300 g/mol. The van der Waals surface area contributed by atoms with Gasteiger partial charge in [0.05, 0.1) is 29.5 Å². The molecular weight excluding hydrogens is 272 g/mol. The van der Waals surface area contributed by atoms with Gasteiger partial charge in [-0.1, -0.05) is 0 Å². The zero-order chi connectivity index (χ0) is 15.5. The van der Waals surface area contributed by atoms with Crippen molar-refractivity contribution in [3.63, 3.8) is 0 Å². The third-order valence-corrected chi connectivity index (χ3v) is 5.05. The molecule has 5 heteroatoms. The number of rotatable bonds is 7. The minimum Gasteiger partial charge on any atom is -0.369 e. The second kappa shape index (κ2) is 6.73. The summed E-state index contributed by atoms with van der Waals surface area (Å²) in [6.07, 6.45) is 5.28. The van der Waals surface area contributed by atoms with Crippen molar-refractivity contribution >= 4 is 6.29 Å². The Morgan fingerprint density at radius 3 is 2.71 bits per heavy atom. The summed E-state index contributed by atoms with van der Waals surface area (Å²) in [6.45, 7) is 6.50. The van der Waals surface area contributed by atoms with Gasteiger partial charge in [0.1, 0.15) is 13.1 Å². The van der Waals surface area contributed by atoms with E-state index < -0.39 is 0 Å². The highest BCUT2D eigenvalue weighted by Gasteiger charge is 2.51. The second-order valence-electron chi connectivity index (χ2n) is 6.67. The van der Waals surface area contributed by atoms with E-state index in [4.69, 9.17) is 18.9 Å². The Hall–Kier alpha value is -0.490. The summed E-state index contributed by atoms with van der Waals surface area (Å²) in [7, 11) is 1.62. The van der Waals surface area contributed by atoms with Crippen LogP contribution in [0.4, 0.5) is 0 Å². The van der Waals surface area contributed by atoms with Crippen molar-refractivity contribution in [1.29, 1.82) is 0 Å². The molecule has 0 spiro atoms. The Morgan fingerprint density at radius 1 is 1.29 bits per heavy atom. The molecule has 0 aromatic carbocycles. The summed E-state index contributed by atoms with van der Waals surface area (Å²) in [4.78, 5) is 10.6. The van der Waals surface area contributed by atoms with Gasteiger partial charge in [0, 0.05) is 13.5 Å². The number of carbonyl (C=O) groups excluding carboxylic acids is 1. The van der Waals surface area contributed by atoms with Crippen LogP contribution in [0.5, 0.6) is 0 Å². The fraction of sp³-hybridized carbons (Fsp3) is 0.938. The molecule has 0 saturated carbocycles. The van der Waals surface area contributed by atoms with Gasteiger partial charge in [-0.25, -0.2) is 0 Å². The van der Waals surface area contributed by atoms with Gasteiger partial charge < -0.3 is 23.7 Å². The van der Waals surface area contributed by atoms with E-state index in [1.54, 1.807) is 7.11 Å². The minimum atomic E-state index is -0.307. The molecule has 2 heterocycles. The summed E-state index contributed by atoms with van der Waals surface area (Å²) in [5, 5.41) is 0. The Kier molecular flexibility index (Phi) is 5.41. The first-order chi connectivity index (χ1) is 9.93. The van der Waals surface area contributed by atoms with Gasteiger partial charge in [-0.15, -0.1) is 0 Å². The summed E-state index contributed by atoms with van der Waals surface area (Å²) in [5.74, 6) is 0. The van der Waals surface area contributed by atoms with Crippen molar-refractivity contribution in [3.05, 3.63) is 0 Å². The normalized spacial score (nSPS) is 41.3. The molecule has 2 aliphatic heterocycles. The lowest BCUT2D eigenvalue weighted by Crippen LogP contribution is -2.45. The maximum atomic E-state index is 10.6. The zero-order valence-corrected chi connectivity index (χ0v) is 13.6. The van der Waals surface area contributed by atoms with Gasteiger partial charge in [-0.3, -0.25) is 0 Å². The van der Waals surface area contributed by atoms with Crippen molar-refractivity contribution < 1.29 is 23.7 Å². The van der Waals surface area contributed by atoms with Crippen LogP contribution in [0.15, 0.2) is 0 Å². The Bertz CT molecular complexity index is 361. The summed E-state index contributed by atoms with van der Waals surface area (Å²) in [5.41, 5.74) is -0.593. The van der Waals surface area contributed by atoms with Gasteiger partial charge in [0.2, 0.25) is 0 Å². The third-order valence-electron chi connectivity index (χ3n) is 5.05. The van der Waals surface area contributed by atoms with Crippen LogP contribution >= 0.6 is 0 Å². The van der Waals surface area contributed by atoms with Crippen molar-refractivity contribution in [2.24, 2.45) is 0 Å². The highest BCUT2D eigenvalue weighted by atomic mass is 16.7. The van der Waals surface area contributed by atoms with E-state index >= 15 is 0 Å². The maximum Gasteiger partial charge on any atom is 0.146 e. The molecular formula is C16H28O5. The van der Waals surface area contributed by atoms with Crippen LogP contribution in [0.1, 0.15) is 52.9 Å². The fourth-order valence-electron chi connectivity index (χ4n) is 3.39. The first-order valence-electron chi connectivity index (χ1n) is 7.83. The van der Waals surface area contributed by atoms with Crippen molar-refractivity contribution in [2.45, 2.75) is 82.4 Å². The van der Waals surface area contributed by atoms with Gasteiger partial charge in [-0.05, 0) is 46.5 Å². The molecule has 0 unspecified atom stereocenters. The number of carbonyl (C=O) groups is 1. The smallest absolute Gasteiger partial charge is 0.146 e. The summed E-state index contributed by atoms with van der Waals surface area (Å²) >= 11 is 0. The van der Waals surface area contributed by atoms with Crippen molar-refractivity contribution in [3.8, 4) is 0 Å². The predicted octanol–water partition coefficient (Wildman–Crippen LogP) is 2.46. The predicted molar refractivity (Wildman–Crippen MR) is 78.1 cm³/mol. The first kappa shape index (κ1) is 16.9. The Morgan fingerprint density at radius 2 is 2.05 bits per heavy atom. The number of ether oxygens (including phenoxy) is 4. The summed E-state index contributed by atoms with van der Waals surface area (Å²) < 4.78 is 23.0. The third kappa shape index (κ3) is 3.65. The van der Waals surface area contributed by atoms with Crippen LogP contribution in [0.25, 0.3) is 0 Å². The van der Waals surface area contributed by atoms with Crippen LogP contribution in [0.2, 0.25) is 0 Å². The molecule has 5 nitrogen and oxygen atoms in total. The molecule has 5 atom stereocenters. The molecule has 0 radical (unpaired) electrons. The van der Waals surface area contributed by atoms with Gasteiger partial charge in [-0.2, -0.15) is 0 Å². The average Bonchev–Trinajstić information content (AvgIpc) is 3.03. The van der Waals surface area contributed by atoms with E-state index in [2.05, 4.69) is 13.8 Å². The van der Waals surface area contributed by atoms with Crippen molar-refractivity contribution in [1.82, 2.24) is 0 Å². The van der Waals surface area contributed by atoms with Crippen molar-refractivity contribution in [2.75, 3.05) is 13.9 Å². The second-order valence-corrected chi connectivity index (χ2v) is 6.67. The first-order valence-corrected chi connectivity index (χ1v) is 7.83. The van der Waals surface area contributed by atoms with Crippen LogP contribution in [-0.2, 0) is 23.7 Å². The topological polar surface area (TPSA) is 54.0 Å². The molecule has 2 aliphatic rings. The molecule has 2 fully saturated rings. The van der Waals surface area contributed by atoms with E-state index in [1.807, 2.05) is 6.92 Å². The van der Waals surface area contributed by atoms with E-state index in [1.165, 1.54) is 0 Å². The monoisotopic (exact) mass is 300 g/mol. The molecule has 0 aliphatic carbocycles. The van der Waals surface area contributed by atoms with Crippen LogP contribution in [-0.4, -0.2) is 49.7 Å². The molecule has 0 amide bonds. The van der Waals surface area contributed by atoms with Crippen LogP contribution in [0.3, 0.4) is 0 Å². The molecule has 2 saturated heterocycles. The SMILES string of the molecule is COCO[C@H](C)[C@]1(C)CC[C@H]([C@]2(C)CC[C@@H](CC=O)O2)O1. The molecule has 2 rings (SSSR count). The highest BCUT2D eigenvalue weighted by molar-refractivity contribution is 5.50. The van der Waals surface area contributed by atoms with E-state index in [-0.39, 0.29) is 36.3 Å². The maximum absolute atomic E-state index is 10.6. The molecule has 122 valence electrons. The van der Waals surface area contributed by atoms with Gasteiger partial charge in [0.15, 0.2) is 0 Å². The van der Waals surface area contributed by atoms with E-state index in [9.17, 15) is 4.79 Å². The zero-order valence-electron chi connectivity index (χ0n) is 13.6. The lowest BCUT2D eigenvalue weighted by atomic mass is 9.91. The fourth-order valence-corrected chi connectivity index (χ4v) is 3.39.